The molecule has 3 fully saturated rings. The van der Waals surface area contributed by atoms with Gasteiger partial charge in [-0.05, 0) is 90.9 Å². The number of carbonyl (C=O) groups excluding carboxylic acids is 1. The Hall–Kier alpha value is -0.850. The van der Waals surface area contributed by atoms with Crippen LogP contribution in [-0.4, -0.2) is 5.78 Å². The van der Waals surface area contributed by atoms with Gasteiger partial charge < -0.3 is 0 Å². The van der Waals surface area contributed by atoms with Gasteiger partial charge >= 0.3 is 0 Å². The highest BCUT2D eigenvalue weighted by molar-refractivity contribution is 5.94. The van der Waals surface area contributed by atoms with Gasteiger partial charge in [-0.1, -0.05) is 72.1 Å². The Balaban J connectivity index is 1.59. The summed E-state index contributed by atoms with van der Waals surface area (Å²) >= 11 is 0. The van der Waals surface area contributed by atoms with Crippen LogP contribution in [0.1, 0.15) is 92.9 Å². The monoisotopic (exact) mass is 396 g/mol. The molecule has 29 heavy (non-hydrogen) atoms. The van der Waals surface area contributed by atoms with E-state index in [0.29, 0.717) is 46.7 Å². The van der Waals surface area contributed by atoms with Gasteiger partial charge in [0, 0.05) is 5.92 Å². The minimum absolute atomic E-state index is 0.247. The van der Waals surface area contributed by atoms with Crippen LogP contribution in [0, 0.1) is 52.3 Å². The third-order valence-corrected chi connectivity index (χ3v) is 10.3. The molecule has 0 radical (unpaired) electrons. The fraction of sp³-hybridized carbons (Fsp3) is 0.821. The molecule has 1 heteroatoms. The Bertz CT molecular complexity index is 699. The fourth-order valence-electron chi connectivity index (χ4n) is 8.03. The Labute approximate surface area is 179 Å². The molecule has 0 aromatic carbocycles. The Kier molecular flexibility index (Phi) is 5.67. The van der Waals surface area contributed by atoms with Crippen molar-refractivity contribution in [1.82, 2.24) is 0 Å². The van der Waals surface area contributed by atoms with E-state index in [1.807, 2.05) is 0 Å². The van der Waals surface area contributed by atoms with Crippen molar-refractivity contribution in [3.05, 3.63) is 23.8 Å². The molecule has 4 aliphatic rings. The minimum Gasteiger partial charge on any atom is -0.295 e. The molecule has 0 bridgehead atoms. The van der Waals surface area contributed by atoms with Crippen LogP contribution < -0.4 is 0 Å². The average molecular weight is 397 g/mol. The molecule has 0 aromatic heterocycles. The summed E-state index contributed by atoms with van der Waals surface area (Å²) in [5.41, 5.74) is 2.21. The van der Waals surface area contributed by atoms with Crippen molar-refractivity contribution >= 4 is 5.78 Å². The summed E-state index contributed by atoms with van der Waals surface area (Å²) in [6, 6.07) is 0. The Morgan fingerprint density at radius 3 is 2.31 bits per heavy atom. The molecular formula is C28H44O. The fourth-order valence-corrected chi connectivity index (χ4v) is 8.03. The second-order valence-electron chi connectivity index (χ2n) is 12.0. The van der Waals surface area contributed by atoms with Crippen LogP contribution in [0.15, 0.2) is 23.8 Å². The van der Waals surface area contributed by atoms with Crippen LogP contribution in [0.25, 0.3) is 0 Å². The molecule has 0 aliphatic heterocycles. The lowest BCUT2D eigenvalue weighted by Crippen LogP contribution is -2.51. The predicted molar refractivity (Wildman–Crippen MR) is 123 cm³/mol. The highest BCUT2D eigenvalue weighted by Gasteiger charge is 2.58. The summed E-state index contributed by atoms with van der Waals surface area (Å²) in [4.78, 5) is 13.2. The normalized spacial score (nSPS) is 44.2. The van der Waals surface area contributed by atoms with Crippen molar-refractivity contribution in [3.8, 4) is 0 Å². The first kappa shape index (κ1) is 21.4. The molecule has 3 saturated carbocycles. The van der Waals surface area contributed by atoms with Crippen molar-refractivity contribution in [2.24, 2.45) is 52.3 Å². The lowest BCUT2D eigenvalue weighted by Gasteiger charge is -2.56. The molecule has 0 unspecified atom stereocenters. The smallest absolute Gasteiger partial charge is 0.159 e. The van der Waals surface area contributed by atoms with Crippen molar-refractivity contribution in [1.29, 1.82) is 0 Å². The van der Waals surface area contributed by atoms with Gasteiger partial charge in [0.1, 0.15) is 0 Å². The summed E-state index contributed by atoms with van der Waals surface area (Å²) < 4.78 is 0. The largest absolute Gasteiger partial charge is 0.295 e. The maximum Gasteiger partial charge on any atom is 0.159 e. The number of ketones is 1. The number of fused-ring (bicyclic) bond motifs is 5. The van der Waals surface area contributed by atoms with E-state index in [1.165, 1.54) is 44.9 Å². The van der Waals surface area contributed by atoms with Gasteiger partial charge in [0.25, 0.3) is 0 Å². The molecule has 1 nitrogen and oxygen atoms in total. The molecular weight excluding hydrogens is 352 g/mol. The topological polar surface area (TPSA) is 17.1 Å². The van der Waals surface area contributed by atoms with Gasteiger partial charge in [-0.2, -0.15) is 0 Å². The van der Waals surface area contributed by atoms with Crippen LogP contribution in [0.5, 0.6) is 0 Å². The first-order valence-electron chi connectivity index (χ1n) is 12.6. The zero-order chi connectivity index (χ0) is 21.0. The lowest BCUT2D eigenvalue weighted by molar-refractivity contribution is -0.128. The highest BCUT2D eigenvalue weighted by atomic mass is 16.1. The van der Waals surface area contributed by atoms with Gasteiger partial charge in [0.2, 0.25) is 0 Å². The van der Waals surface area contributed by atoms with E-state index < -0.39 is 0 Å². The van der Waals surface area contributed by atoms with Crippen molar-refractivity contribution in [2.75, 3.05) is 0 Å². The first-order valence-corrected chi connectivity index (χ1v) is 12.6. The molecule has 0 aromatic rings. The third kappa shape index (κ3) is 3.39. The second kappa shape index (κ2) is 7.69. The molecule has 4 aliphatic carbocycles. The predicted octanol–water partition coefficient (Wildman–Crippen LogP) is 7.62. The number of hydrogen-bond acceptors (Lipinski definition) is 1. The number of hydrogen-bond donors (Lipinski definition) is 0. The van der Waals surface area contributed by atoms with Crippen molar-refractivity contribution in [2.45, 2.75) is 92.9 Å². The molecule has 0 saturated heterocycles. The molecule has 0 N–H and O–H groups in total. The van der Waals surface area contributed by atoms with Gasteiger partial charge in [-0.15, -0.1) is 0 Å². The first-order chi connectivity index (χ1) is 13.7. The zero-order valence-corrected chi connectivity index (χ0v) is 19.8. The second-order valence-corrected chi connectivity index (χ2v) is 12.0. The summed E-state index contributed by atoms with van der Waals surface area (Å²) in [6.45, 7) is 14.5. The Morgan fingerprint density at radius 1 is 0.862 bits per heavy atom. The summed E-state index contributed by atoms with van der Waals surface area (Å²) in [6.07, 6.45) is 17.5. The van der Waals surface area contributed by atoms with Crippen LogP contribution in [0.2, 0.25) is 0 Å². The summed E-state index contributed by atoms with van der Waals surface area (Å²) in [7, 11) is 0. The van der Waals surface area contributed by atoms with E-state index in [-0.39, 0.29) is 5.41 Å². The minimum atomic E-state index is 0.247. The SMILES string of the molecule is CC(C)[C@@H](C)C=C[C@@H](C)[C@H]1CC[C@H]2C3=CC(=O)[C@H]4CCCC[C@]4(C)[C@H]3CC[C@]12C. The van der Waals surface area contributed by atoms with Crippen molar-refractivity contribution in [3.63, 3.8) is 0 Å². The van der Waals surface area contributed by atoms with Crippen LogP contribution in [-0.2, 0) is 4.79 Å². The molecule has 0 spiro atoms. The molecule has 8 atom stereocenters. The van der Waals surface area contributed by atoms with Gasteiger partial charge in [0.05, 0.1) is 0 Å². The standard InChI is InChI=1S/C28H44O/c1-18(2)19(3)10-11-20(4)22-12-13-23-21-17-26(29)25-9-7-8-15-27(25,5)24(21)14-16-28(22,23)6/h10-11,17-20,22-25H,7-9,12-16H2,1-6H3/t19-,20+,22+,23-,24-,25+,27+,28+/m0/s1. The van der Waals surface area contributed by atoms with Gasteiger partial charge in [0.15, 0.2) is 5.78 Å². The lowest BCUT2D eigenvalue weighted by atomic mass is 9.47. The van der Waals surface area contributed by atoms with Crippen LogP contribution in [0.4, 0.5) is 0 Å². The quantitative estimate of drug-likeness (QED) is 0.447. The number of carbonyl (C=O) groups is 1. The van der Waals surface area contributed by atoms with Crippen LogP contribution in [0.3, 0.4) is 0 Å². The molecule has 0 heterocycles. The molecule has 4 rings (SSSR count). The van der Waals surface area contributed by atoms with Crippen molar-refractivity contribution < 1.29 is 4.79 Å². The average Bonchev–Trinajstić information content (AvgIpc) is 3.03. The van der Waals surface area contributed by atoms with Gasteiger partial charge in [-0.25, -0.2) is 0 Å². The van der Waals surface area contributed by atoms with E-state index in [9.17, 15) is 4.79 Å². The molecule has 162 valence electrons. The summed E-state index contributed by atoms with van der Waals surface area (Å²) in [5.74, 6) is 4.87. The molecule has 0 amide bonds. The van der Waals surface area contributed by atoms with E-state index in [2.05, 4.69) is 59.8 Å². The summed E-state index contributed by atoms with van der Waals surface area (Å²) in [5, 5.41) is 0. The third-order valence-electron chi connectivity index (χ3n) is 10.3. The van der Waals surface area contributed by atoms with Gasteiger partial charge in [-0.3, -0.25) is 4.79 Å². The van der Waals surface area contributed by atoms with E-state index >= 15 is 0 Å². The van der Waals surface area contributed by atoms with Crippen LogP contribution >= 0.6 is 0 Å². The highest BCUT2D eigenvalue weighted by Crippen LogP contribution is 2.66. The zero-order valence-electron chi connectivity index (χ0n) is 19.8. The van der Waals surface area contributed by atoms with E-state index in [1.54, 1.807) is 5.57 Å². The van der Waals surface area contributed by atoms with E-state index in [4.69, 9.17) is 0 Å². The Morgan fingerprint density at radius 2 is 1.59 bits per heavy atom. The maximum atomic E-state index is 13.2. The maximum absolute atomic E-state index is 13.2. The number of rotatable bonds is 4. The van der Waals surface area contributed by atoms with E-state index in [0.717, 1.165) is 12.3 Å². The number of allylic oxidation sites excluding steroid dienone is 4.